The van der Waals surface area contributed by atoms with Crippen molar-refractivity contribution in [1.82, 2.24) is 20.2 Å². The summed E-state index contributed by atoms with van der Waals surface area (Å²) in [5.41, 5.74) is 0.918. The lowest BCUT2D eigenvalue weighted by molar-refractivity contribution is -0.239. The van der Waals surface area contributed by atoms with Crippen LogP contribution in [0.1, 0.15) is 37.9 Å². The molecule has 1 N–H and O–H groups in total. The van der Waals surface area contributed by atoms with E-state index in [4.69, 9.17) is 4.63 Å². The van der Waals surface area contributed by atoms with E-state index in [0.29, 0.717) is 24.0 Å². The standard InChI is InChI=1S/C22H25F3N4O2/c1-20(2,18-5-3-4-11-26-18)29-12-10-21(14-29,19(30)22(23,24)25)9-8-15-6-7-16-17(13-15)28-31-27-16/h3-7,11,13,19,30H,8-10,12,14H2,1-2H3/t19-,21-/m1/s1. The molecule has 1 aliphatic heterocycles. The highest BCUT2D eigenvalue weighted by Crippen LogP contribution is 2.47. The Labute approximate surface area is 178 Å². The maximum absolute atomic E-state index is 13.7. The van der Waals surface area contributed by atoms with Crippen molar-refractivity contribution in [3.8, 4) is 0 Å². The number of benzene rings is 1. The number of aliphatic hydroxyl groups excluding tert-OH is 1. The smallest absolute Gasteiger partial charge is 0.383 e. The molecule has 31 heavy (non-hydrogen) atoms. The van der Waals surface area contributed by atoms with E-state index in [1.807, 2.05) is 43.0 Å². The van der Waals surface area contributed by atoms with Crippen LogP contribution in [0.2, 0.25) is 0 Å². The van der Waals surface area contributed by atoms with E-state index in [2.05, 4.69) is 15.3 Å². The number of likely N-dealkylation sites (tertiary alicyclic amines) is 1. The first-order chi connectivity index (χ1) is 14.6. The molecule has 0 saturated carbocycles. The molecule has 4 rings (SSSR count). The van der Waals surface area contributed by atoms with E-state index in [1.54, 1.807) is 18.3 Å². The number of aromatic nitrogens is 3. The van der Waals surface area contributed by atoms with Crippen molar-refractivity contribution in [2.75, 3.05) is 13.1 Å². The van der Waals surface area contributed by atoms with Gasteiger partial charge in [-0.15, -0.1) is 0 Å². The highest BCUT2D eigenvalue weighted by Gasteiger charge is 2.56. The Morgan fingerprint density at radius 2 is 1.94 bits per heavy atom. The zero-order valence-electron chi connectivity index (χ0n) is 17.4. The van der Waals surface area contributed by atoms with Crippen LogP contribution >= 0.6 is 0 Å². The molecule has 0 bridgehead atoms. The summed E-state index contributed by atoms with van der Waals surface area (Å²) in [4.78, 5) is 6.40. The van der Waals surface area contributed by atoms with Crippen LogP contribution in [0.5, 0.6) is 0 Å². The first-order valence-corrected chi connectivity index (χ1v) is 10.2. The van der Waals surface area contributed by atoms with E-state index >= 15 is 0 Å². The Kier molecular flexibility index (Phi) is 5.51. The number of hydrogen-bond donors (Lipinski definition) is 1. The summed E-state index contributed by atoms with van der Waals surface area (Å²) in [5.74, 6) is 0. The van der Waals surface area contributed by atoms with Gasteiger partial charge in [-0.1, -0.05) is 12.1 Å². The highest BCUT2D eigenvalue weighted by atomic mass is 19.4. The molecule has 0 unspecified atom stereocenters. The molecule has 0 spiro atoms. The number of pyridine rings is 1. The van der Waals surface area contributed by atoms with Crippen molar-refractivity contribution in [2.45, 2.75) is 50.9 Å². The van der Waals surface area contributed by atoms with Crippen LogP contribution in [-0.4, -0.2) is 50.7 Å². The van der Waals surface area contributed by atoms with Gasteiger partial charge < -0.3 is 5.11 Å². The number of nitrogens with zero attached hydrogens (tertiary/aromatic N) is 4. The van der Waals surface area contributed by atoms with Crippen LogP contribution in [0.3, 0.4) is 0 Å². The second-order valence-electron chi connectivity index (χ2n) is 8.84. The van der Waals surface area contributed by atoms with Crippen LogP contribution in [0.4, 0.5) is 13.2 Å². The van der Waals surface area contributed by atoms with Gasteiger partial charge in [0, 0.05) is 18.2 Å². The van der Waals surface area contributed by atoms with Crippen molar-refractivity contribution >= 4 is 11.0 Å². The molecule has 1 fully saturated rings. The van der Waals surface area contributed by atoms with Crippen LogP contribution in [0.15, 0.2) is 47.2 Å². The normalized spacial score (nSPS) is 21.6. The van der Waals surface area contributed by atoms with Crippen LogP contribution < -0.4 is 0 Å². The molecule has 1 aliphatic rings. The Morgan fingerprint density at radius 1 is 1.16 bits per heavy atom. The maximum Gasteiger partial charge on any atom is 0.414 e. The Bertz CT molecular complexity index is 1040. The predicted molar refractivity (Wildman–Crippen MR) is 108 cm³/mol. The Hall–Kier alpha value is -2.52. The van der Waals surface area contributed by atoms with Gasteiger partial charge in [-0.3, -0.25) is 9.88 Å². The molecule has 2 aromatic heterocycles. The number of rotatable bonds is 6. The van der Waals surface area contributed by atoms with Gasteiger partial charge in [0.2, 0.25) is 0 Å². The molecule has 0 radical (unpaired) electrons. The van der Waals surface area contributed by atoms with Gasteiger partial charge in [0.05, 0.1) is 11.2 Å². The second-order valence-corrected chi connectivity index (χ2v) is 8.84. The van der Waals surface area contributed by atoms with E-state index < -0.39 is 23.2 Å². The van der Waals surface area contributed by atoms with Gasteiger partial charge in [-0.25, -0.2) is 4.63 Å². The molecule has 3 heterocycles. The zero-order chi connectivity index (χ0) is 22.3. The van der Waals surface area contributed by atoms with Crippen molar-refractivity contribution in [1.29, 1.82) is 0 Å². The van der Waals surface area contributed by atoms with Crippen molar-refractivity contribution < 1.29 is 22.9 Å². The van der Waals surface area contributed by atoms with Crippen LogP contribution in [0, 0.1) is 5.41 Å². The number of halogens is 3. The molecule has 0 aliphatic carbocycles. The lowest BCUT2D eigenvalue weighted by Gasteiger charge is -2.39. The van der Waals surface area contributed by atoms with Crippen LogP contribution in [0.25, 0.3) is 11.0 Å². The number of alkyl halides is 3. The summed E-state index contributed by atoms with van der Waals surface area (Å²) in [7, 11) is 0. The van der Waals surface area contributed by atoms with Gasteiger partial charge in [0.15, 0.2) is 6.10 Å². The molecule has 6 nitrogen and oxygen atoms in total. The topological polar surface area (TPSA) is 75.3 Å². The van der Waals surface area contributed by atoms with Gasteiger partial charge in [0.25, 0.3) is 0 Å². The molecule has 1 saturated heterocycles. The minimum absolute atomic E-state index is 0.130. The van der Waals surface area contributed by atoms with Crippen molar-refractivity contribution in [3.63, 3.8) is 0 Å². The van der Waals surface area contributed by atoms with Gasteiger partial charge >= 0.3 is 6.18 Å². The molecular formula is C22H25F3N4O2. The maximum atomic E-state index is 13.7. The van der Waals surface area contributed by atoms with Gasteiger partial charge in [0.1, 0.15) is 11.0 Å². The molecule has 9 heteroatoms. The van der Waals surface area contributed by atoms with Crippen LogP contribution in [-0.2, 0) is 12.0 Å². The summed E-state index contributed by atoms with van der Waals surface area (Å²) in [6.07, 6.45) is -4.59. The zero-order valence-corrected chi connectivity index (χ0v) is 17.4. The van der Waals surface area contributed by atoms with Crippen molar-refractivity contribution in [2.24, 2.45) is 5.41 Å². The molecule has 0 amide bonds. The molecule has 3 aromatic rings. The third-order valence-electron chi connectivity index (χ3n) is 6.59. The molecular weight excluding hydrogens is 409 g/mol. The molecule has 166 valence electrons. The average Bonchev–Trinajstić information content (AvgIpc) is 3.39. The lowest BCUT2D eigenvalue weighted by atomic mass is 9.75. The quantitative estimate of drug-likeness (QED) is 0.630. The fourth-order valence-electron chi connectivity index (χ4n) is 4.55. The largest absolute Gasteiger partial charge is 0.414 e. The average molecular weight is 434 g/mol. The Morgan fingerprint density at radius 3 is 2.65 bits per heavy atom. The highest BCUT2D eigenvalue weighted by molar-refractivity contribution is 5.73. The fraction of sp³-hybridized carbons (Fsp3) is 0.500. The third-order valence-corrected chi connectivity index (χ3v) is 6.59. The summed E-state index contributed by atoms with van der Waals surface area (Å²) >= 11 is 0. The minimum Gasteiger partial charge on any atom is -0.383 e. The lowest BCUT2D eigenvalue weighted by Crippen LogP contribution is -2.49. The SMILES string of the molecule is CC(C)(c1ccccn1)N1CC[C@@](CCc2ccc3nonc3c2)([C@@H](O)C(F)(F)F)C1. The number of hydrogen-bond acceptors (Lipinski definition) is 6. The second kappa shape index (κ2) is 7.87. The fourth-order valence-corrected chi connectivity index (χ4v) is 4.55. The van der Waals surface area contributed by atoms with Gasteiger partial charge in [-0.05, 0) is 79.8 Å². The number of aryl methyl sites for hydroxylation is 1. The summed E-state index contributed by atoms with van der Waals surface area (Å²) in [6.45, 7) is 4.49. The number of fused-ring (bicyclic) bond motifs is 1. The first-order valence-electron chi connectivity index (χ1n) is 10.2. The first kappa shape index (κ1) is 21.7. The van der Waals surface area contributed by atoms with E-state index in [1.165, 1.54) is 0 Å². The van der Waals surface area contributed by atoms with E-state index in [0.717, 1.165) is 11.3 Å². The Balaban J connectivity index is 1.58. The monoisotopic (exact) mass is 434 g/mol. The minimum atomic E-state index is -4.69. The predicted octanol–water partition coefficient (Wildman–Crippen LogP) is 4.10. The third kappa shape index (κ3) is 4.16. The summed E-state index contributed by atoms with van der Waals surface area (Å²) in [5, 5.41) is 18.0. The summed E-state index contributed by atoms with van der Waals surface area (Å²) < 4.78 is 45.7. The van der Waals surface area contributed by atoms with Crippen molar-refractivity contribution in [3.05, 3.63) is 53.9 Å². The van der Waals surface area contributed by atoms with E-state index in [-0.39, 0.29) is 19.4 Å². The number of aliphatic hydroxyl groups is 1. The summed E-state index contributed by atoms with van der Waals surface area (Å²) in [6, 6.07) is 10.9. The van der Waals surface area contributed by atoms with Gasteiger partial charge in [-0.2, -0.15) is 13.2 Å². The van der Waals surface area contributed by atoms with E-state index in [9.17, 15) is 18.3 Å². The molecule has 2 atom stereocenters. The molecule has 1 aromatic carbocycles.